The predicted molar refractivity (Wildman–Crippen MR) is 332 cm³/mol. The minimum Gasteiger partial charge on any atom is -0.477 e. The van der Waals surface area contributed by atoms with Crippen LogP contribution in [0.25, 0.3) is 0 Å². The number of hydrogen-bond acceptors (Lipinski definition) is 14. The maximum absolute atomic E-state index is 15.0. The molecule has 8 heterocycles. The third-order valence-electron chi connectivity index (χ3n) is 17.8. The molecule has 4 spiro atoms. The molecule has 0 bridgehead atoms. The average molecular weight is 1420 g/mol. The van der Waals surface area contributed by atoms with Crippen molar-refractivity contribution in [3.63, 3.8) is 0 Å². The number of carbonyl (C=O) groups excluding carboxylic acids is 4. The van der Waals surface area contributed by atoms with Crippen molar-refractivity contribution in [3.8, 4) is 23.0 Å². The molecule has 6 N–H and O–H groups in total. The van der Waals surface area contributed by atoms with Gasteiger partial charge in [0.1, 0.15) is 52.6 Å². The van der Waals surface area contributed by atoms with E-state index in [0.717, 1.165) is 22.3 Å². The molecule has 16 nitrogen and oxygen atoms in total. The van der Waals surface area contributed by atoms with Gasteiger partial charge in [-0.05, 0) is 215 Å². The molecule has 0 radical (unpaired) electrons. The lowest BCUT2D eigenvalue weighted by Crippen LogP contribution is -2.75. The highest BCUT2D eigenvalue weighted by atomic mass is 79.9. The number of benzene rings is 4. The summed E-state index contributed by atoms with van der Waals surface area (Å²) in [6, 6.07) is 43.1. The molecule has 10 atom stereocenters. The van der Waals surface area contributed by atoms with Gasteiger partial charge in [-0.1, -0.05) is 70.8 Å². The van der Waals surface area contributed by atoms with E-state index in [2.05, 4.69) is 63.7 Å². The Labute approximate surface area is 528 Å². The molecule has 440 valence electrons. The van der Waals surface area contributed by atoms with E-state index in [-0.39, 0.29) is 35.4 Å². The SMILES string of the molecule is Cc1ccc2c(c1)C(=O)[C@]1(O2)[C@@H](c2cccc(Br)n2)[C@@]2(Oc3ccc(C)cc3C2=O)[C@](C)(O)C[C@H]1c1cccc(Br)n1.Cc1ccc2c(c1)C(=O)[C@]1(O2)[C@@H](c2cccc(Br)n2)[C@@]2(Oc3ccc(C)cc3C2=O)[C@](C)(O)C[C@H]1c1cccc(Br)n1.O.O. The van der Waals surface area contributed by atoms with Crippen molar-refractivity contribution < 1.29 is 59.3 Å². The number of halogens is 4. The normalized spacial score (nSPS) is 28.7. The van der Waals surface area contributed by atoms with Gasteiger partial charge in [0.15, 0.2) is 11.2 Å². The van der Waals surface area contributed by atoms with Crippen molar-refractivity contribution in [3.05, 3.63) is 231 Å². The molecule has 2 fully saturated rings. The molecule has 2 aliphatic carbocycles. The van der Waals surface area contributed by atoms with Gasteiger partial charge in [0.2, 0.25) is 34.3 Å². The largest absolute Gasteiger partial charge is 0.477 e. The number of ketones is 4. The summed E-state index contributed by atoms with van der Waals surface area (Å²) in [5.41, 5.74) is -4.02. The number of hydrogen-bond donors (Lipinski definition) is 2. The number of carbonyl (C=O) groups is 4. The van der Waals surface area contributed by atoms with Gasteiger partial charge >= 0.3 is 0 Å². The van der Waals surface area contributed by atoms with E-state index in [4.69, 9.17) is 38.9 Å². The topological polar surface area (TPSA) is 260 Å². The molecule has 0 unspecified atom stereocenters. The summed E-state index contributed by atoms with van der Waals surface area (Å²) in [5, 5.41) is 25.1. The number of aromatic nitrogens is 4. The van der Waals surface area contributed by atoms with E-state index in [0.29, 0.717) is 86.4 Å². The quantitative estimate of drug-likeness (QED) is 0.155. The first-order valence-electron chi connectivity index (χ1n) is 27.3. The first kappa shape index (κ1) is 60.8. The highest BCUT2D eigenvalue weighted by molar-refractivity contribution is 9.11. The molecule has 0 saturated heterocycles. The number of nitrogens with zero attached hydrogens (tertiary/aromatic N) is 4. The highest BCUT2D eigenvalue weighted by Gasteiger charge is 2.81. The van der Waals surface area contributed by atoms with Crippen LogP contribution >= 0.6 is 63.7 Å². The van der Waals surface area contributed by atoms with Gasteiger partial charge in [-0.3, -0.25) is 19.2 Å². The zero-order chi connectivity index (χ0) is 59.2. The fourth-order valence-corrected chi connectivity index (χ4v) is 15.7. The molecular weight excluding hydrogens is 1360 g/mol. The Kier molecular flexibility index (Phi) is 15.2. The third-order valence-corrected chi connectivity index (χ3v) is 19.5. The molecule has 2 saturated carbocycles. The second-order valence-corrected chi connectivity index (χ2v) is 26.5. The Morgan fingerprint density at radius 2 is 0.663 bits per heavy atom. The highest BCUT2D eigenvalue weighted by Crippen LogP contribution is 2.67. The minimum absolute atomic E-state index is 0. The van der Waals surface area contributed by atoms with Crippen LogP contribution in [0.5, 0.6) is 23.0 Å². The maximum Gasteiger partial charge on any atom is 0.214 e. The predicted octanol–water partition coefficient (Wildman–Crippen LogP) is 11.7. The van der Waals surface area contributed by atoms with Crippen LogP contribution in [-0.4, -0.2) is 97.8 Å². The van der Waals surface area contributed by atoms with Crippen molar-refractivity contribution in [2.45, 2.75) is 112 Å². The monoisotopic (exact) mass is 1410 g/mol. The van der Waals surface area contributed by atoms with Gasteiger partial charge in [-0.15, -0.1) is 0 Å². The van der Waals surface area contributed by atoms with Gasteiger partial charge in [0.05, 0.1) is 57.3 Å². The average Bonchev–Trinajstić information content (AvgIpc) is 1.39. The van der Waals surface area contributed by atoms with Crippen LogP contribution in [-0.2, 0) is 0 Å². The van der Waals surface area contributed by atoms with Gasteiger partial charge in [-0.25, -0.2) is 19.9 Å². The van der Waals surface area contributed by atoms with Gasteiger partial charge in [0, 0.05) is 11.4 Å². The summed E-state index contributed by atoms with van der Waals surface area (Å²) in [7, 11) is 0. The number of pyridine rings is 4. The molecule has 6 aliphatic rings. The van der Waals surface area contributed by atoms with E-state index >= 15 is 0 Å². The number of aryl methyl sites for hydroxylation is 4. The summed E-state index contributed by atoms with van der Waals surface area (Å²) in [4.78, 5) is 78.6. The summed E-state index contributed by atoms with van der Waals surface area (Å²) in [6.07, 6.45) is -0.0866. The first-order chi connectivity index (χ1) is 39.9. The number of aliphatic hydroxyl groups is 2. The van der Waals surface area contributed by atoms with Crippen LogP contribution in [0.15, 0.2) is 164 Å². The second-order valence-electron chi connectivity index (χ2n) is 23.2. The molecule has 4 aliphatic heterocycles. The first-order valence-corrected chi connectivity index (χ1v) is 30.5. The van der Waals surface area contributed by atoms with E-state index in [9.17, 15) is 29.4 Å². The molecule has 20 heteroatoms. The summed E-state index contributed by atoms with van der Waals surface area (Å²) >= 11 is 13.9. The Morgan fingerprint density at radius 1 is 0.395 bits per heavy atom. The molecule has 4 aromatic carbocycles. The lowest BCUT2D eigenvalue weighted by Gasteiger charge is -2.57. The summed E-state index contributed by atoms with van der Waals surface area (Å²) < 4.78 is 29.2. The van der Waals surface area contributed by atoms with E-state index in [1.807, 2.05) is 76.2 Å². The molecule has 8 aromatic rings. The Balaban J connectivity index is 0.000000175. The fraction of sp³-hybridized carbons (Fsp3) is 0.273. The van der Waals surface area contributed by atoms with Gasteiger partial charge in [0.25, 0.3) is 0 Å². The van der Waals surface area contributed by atoms with Crippen molar-refractivity contribution in [2.24, 2.45) is 0 Å². The molecule has 86 heavy (non-hydrogen) atoms. The standard InChI is InChI=1S/2C33H26Br2N2O5.2H2O/c2*1-17-10-12-24-19(14-17)29(38)32(41-24)21(22-6-4-8-26(34)36-22)16-31(3,40)33(28(32)23-7-5-9-27(35)37-23)30(39)20-15-18(2)11-13-25(20)42-33;;/h2*4-15,21,28,40H,16H2,1-3H3;2*1H2/t2*21-,28+,31+,32+,33-;;/m00../s1. The van der Waals surface area contributed by atoms with Crippen LogP contribution in [0.4, 0.5) is 0 Å². The zero-order valence-corrected chi connectivity index (χ0v) is 53.4. The number of Topliss-reactive ketones (excluding diaryl/α,β-unsaturated/α-hetero) is 4. The zero-order valence-electron chi connectivity index (χ0n) is 47.0. The molecular formula is C66H56Br4N4O12. The van der Waals surface area contributed by atoms with E-state index in [1.165, 1.54) is 0 Å². The summed E-state index contributed by atoms with van der Waals surface area (Å²) in [5.74, 6) is -3.83. The Morgan fingerprint density at radius 3 is 0.965 bits per heavy atom. The Hall–Kier alpha value is -6.88. The maximum atomic E-state index is 15.0. The van der Waals surface area contributed by atoms with Gasteiger partial charge < -0.3 is 40.1 Å². The lowest BCUT2D eigenvalue weighted by molar-refractivity contribution is -0.173. The Bertz CT molecular complexity index is 3920. The van der Waals surface area contributed by atoms with Crippen molar-refractivity contribution in [2.75, 3.05) is 0 Å². The smallest absolute Gasteiger partial charge is 0.214 e. The summed E-state index contributed by atoms with van der Waals surface area (Å²) in [6.45, 7) is 10.8. The van der Waals surface area contributed by atoms with E-state index < -0.39 is 68.8 Å². The van der Waals surface area contributed by atoms with Gasteiger partial charge in [-0.2, -0.15) is 0 Å². The van der Waals surface area contributed by atoms with Crippen molar-refractivity contribution >= 4 is 86.9 Å². The number of fused-ring (bicyclic) bond motifs is 4. The van der Waals surface area contributed by atoms with Crippen LogP contribution in [0.1, 0.15) is 137 Å². The van der Waals surface area contributed by atoms with Crippen LogP contribution in [0, 0.1) is 27.7 Å². The number of rotatable bonds is 4. The minimum atomic E-state index is -1.94. The van der Waals surface area contributed by atoms with Crippen LogP contribution in [0.3, 0.4) is 0 Å². The molecule has 14 rings (SSSR count). The third kappa shape index (κ3) is 8.82. The lowest BCUT2D eigenvalue weighted by atomic mass is 9.51. The fourth-order valence-electron chi connectivity index (χ4n) is 14.2. The number of ether oxygens (including phenoxy) is 4. The van der Waals surface area contributed by atoms with Crippen molar-refractivity contribution in [1.29, 1.82) is 0 Å². The van der Waals surface area contributed by atoms with Crippen LogP contribution in [0.2, 0.25) is 0 Å². The van der Waals surface area contributed by atoms with E-state index in [1.54, 1.807) is 111 Å². The molecule has 0 amide bonds. The van der Waals surface area contributed by atoms with Crippen molar-refractivity contribution in [1.82, 2.24) is 19.9 Å². The van der Waals surface area contributed by atoms with Crippen LogP contribution < -0.4 is 18.9 Å². The second kappa shape index (κ2) is 21.5. The molecule has 4 aromatic heterocycles.